The van der Waals surface area contributed by atoms with Gasteiger partial charge >= 0.3 is 0 Å². The SMILES string of the molecule is CCCN(CC(=O)N[C@@H](CC(N)=O)C(=O)NC)S(=O)(=O)c1ccccc1.CN.CN. The fourth-order valence-electron chi connectivity index (χ4n) is 2.26. The van der Waals surface area contributed by atoms with Crippen molar-refractivity contribution in [2.24, 2.45) is 17.2 Å². The van der Waals surface area contributed by atoms with E-state index in [0.717, 1.165) is 4.31 Å². The number of sulfonamides is 1. The first-order valence-electron chi connectivity index (χ1n) is 9.22. The largest absolute Gasteiger partial charge is 0.370 e. The molecule has 1 rings (SSSR count). The Morgan fingerprint density at radius 3 is 2.03 bits per heavy atom. The van der Waals surface area contributed by atoms with Gasteiger partial charge in [-0.05, 0) is 32.6 Å². The molecule has 1 aromatic rings. The van der Waals surface area contributed by atoms with Gasteiger partial charge in [-0.1, -0.05) is 25.1 Å². The molecule has 30 heavy (non-hydrogen) atoms. The standard InChI is InChI=1S/C16H24N4O5S.2CH5N/c1-3-9-20(26(24,25)12-7-5-4-6-8-12)11-15(22)19-13(10-14(17)21)16(23)18-2;2*1-2/h4-8,13H,3,9-11H2,1-2H3,(H2,17,21)(H,18,23)(H,19,22);2*2H2,1H3/t13-;;/m0../s1. The van der Waals surface area contributed by atoms with Crippen LogP contribution in [0.3, 0.4) is 0 Å². The van der Waals surface area contributed by atoms with Crippen LogP contribution in [0.4, 0.5) is 0 Å². The Bertz CT molecular complexity index is 743. The quantitative estimate of drug-likeness (QED) is 0.284. The number of hydrogen-bond donors (Lipinski definition) is 5. The van der Waals surface area contributed by atoms with Crippen molar-refractivity contribution >= 4 is 27.7 Å². The van der Waals surface area contributed by atoms with E-state index < -0.39 is 40.3 Å². The van der Waals surface area contributed by atoms with E-state index in [0.29, 0.717) is 6.42 Å². The Labute approximate surface area is 178 Å². The molecule has 0 aromatic heterocycles. The molecule has 0 radical (unpaired) electrons. The van der Waals surface area contributed by atoms with Crippen molar-refractivity contribution in [3.63, 3.8) is 0 Å². The Kier molecular flexibility index (Phi) is 16.1. The normalized spacial score (nSPS) is 11.2. The molecule has 0 spiro atoms. The van der Waals surface area contributed by atoms with E-state index in [2.05, 4.69) is 22.1 Å². The van der Waals surface area contributed by atoms with Gasteiger partial charge in [0.25, 0.3) is 0 Å². The lowest BCUT2D eigenvalue weighted by molar-refractivity contribution is -0.131. The van der Waals surface area contributed by atoms with Crippen LogP contribution in [0.2, 0.25) is 0 Å². The molecular formula is C18H34N6O5S. The second-order valence-electron chi connectivity index (χ2n) is 5.56. The van der Waals surface area contributed by atoms with Crippen LogP contribution >= 0.6 is 0 Å². The molecule has 0 aliphatic rings. The van der Waals surface area contributed by atoms with Crippen molar-refractivity contribution in [3.8, 4) is 0 Å². The number of nitrogens with zero attached hydrogens (tertiary/aromatic N) is 1. The molecule has 12 heteroatoms. The Morgan fingerprint density at radius 1 is 1.07 bits per heavy atom. The minimum atomic E-state index is -3.86. The van der Waals surface area contributed by atoms with Crippen molar-refractivity contribution < 1.29 is 22.8 Å². The van der Waals surface area contributed by atoms with Gasteiger partial charge in [-0.2, -0.15) is 4.31 Å². The van der Waals surface area contributed by atoms with Gasteiger partial charge in [-0.15, -0.1) is 0 Å². The van der Waals surface area contributed by atoms with Crippen molar-refractivity contribution in [3.05, 3.63) is 30.3 Å². The van der Waals surface area contributed by atoms with Gasteiger partial charge in [-0.3, -0.25) is 14.4 Å². The molecule has 0 bridgehead atoms. The molecule has 0 saturated carbocycles. The van der Waals surface area contributed by atoms with Crippen molar-refractivity contribution in [1.29, 1.82) is 0 Å². The molecule has 1 aromatic carbocycles. The van der Waals surface area contributed by atoms with E-state index in [4.69, 9.17) is 5.73 Å². The zero-order valence-electron chi connectivity index (χ0n) is 17.9. The molecule has 1 atom stereocenters. The highest BCUT2D eigenvalue weighted by Crippen LogP contribution is 2.15. The topological polar surface area (TPSA) is 191 Å². The fraction of sp³-hybridized carbons (Fsp3) is 0.500. The number of benzene rings is 1. The highest BCUT2D eigenvalue weighted by Gasteiger charge is 2.28. The number of carbonyl (C=O) groups excluding carboxylic acids is 3. The van der Waals surface area contributed by atoms with E-state index in [1.165, 1.54) is 33.3 Å². The van der Waals surface area contributed by atoms with Gasteiger partial charge in [0.1, 0.15) is 6.04 Å². The van der Waals surface area contributed by atoms with E-state index in [-0.39, 0.29) is 17.9 Å². The third-order valence-corrected chi connectivity index (χ3v) is 5.34. The van der Waals surface area contributed by atoms with Crippen LogP contribution in [0.15, 0.2) is 35.2 Å². The van der Waals surface area contributed by atoms with E-state index in [9.17, 15) is 22.8 Å². The summed E-state index contributed by atoms with van der Waals surface area (Å²) in [6, 6.07) is 6.59. The summed E-state index contributed by atoms with van der Waals surface area (Å²) < 4.78 is 26.4. The molecule has 0 unspecified atom stereocenters. The number of amides is 3. The van der Waals surface area contributed by atoms with Gasteiger partial charge in [0, 0.05) is 13.6 Å². The maximum Gasteiger partial charge on any atom is 0.243 e. The van der Waals surface area contributed by atoms with Gasteiger partial charge in [0.15, 0.2) is 0 Å². The third kappa shape index (κ3) is 10.3. The highest BCUT2D eigenvalue weighted by atomic mass is 32.2. The number of carbonyl (C=O) groups is 3. The predicted molar refractivity (Wildman–Crippen MR) is 116 cm³/mol. The number of likely N-dealkylation sites (N-methyl/N-ethyl adjacent to an activating group) is 1. The van der Waals surface area contributed by atoms with Crippen LogP contribution in [0.25, 0.3) is 0 Å². The number of nitrogens with two attached hydrogens (primary N) is 3. The van der Waals surface area contributed by atoms with E-state index in [1.807, 2.05) is 0 Å². The van der Waals surface area contributed by atoms with E-state index >= 15 is 0 Å². The minimum absolute atomic E-state index is 0.0706. The molecule has 3 amide bonds. The summed E-state index contributed by atoms with van der Waals surface area (Å²) in [6.45, 7) is 1.44. The first kappa shape index (κ1) is 29.7. The highest BCUT2D eigenvalue weighted by molar-refractivity contribution is 7.89. The average molecular weight is 447 g/mol. The number of rotatable bonds is 10. The monoisotopic (exact) mass is 446 g/mol. The smallest absolute Gasteiger partial charge is 0.243 e. The third-order valence-electron chi connectivity index (χ3n) is 3.48. The number of hydrogen-bond acceptors (Lipinski definition) is 7. The summed E-state index contributed by atoms with van der Waals surface area (Å²) in [6.07, 6.45) is 0.115. The molecule has 0 aliphatic heterocycles. The lowest BCUT2D eigenvalue weighted by Crippen LogP contribution is -2.51. The lowest BCUT2D eigenvalue weighted by atomic mass is 10.2. The van der Waals surface area contributed by atoms with Gasteiger partial charge in [0.05, 0.1) is 17.9 Å². The van der Waals surface area contributed by atoms with Crippen LogP contribution in [0.5, 0.6) is 0 Å². The maximum absolute atomic E-state index is 12.7. The van der Waals surface area contributed by atoms with Crippen LogP contribution in [-0.2, 0) is 24.4 Å². The summed E-state index contributed by atoms with van der Waals surface area (Å²) in [5, 5.41) is 4.67. The zero-order valence-corrected chi connectivity index (χ0v) is 18.7. The van der Waals surface area contributed by atoms with Crippen molar-refractivity contribution in [1.82, 2.24) is 14.9 Å². The van der Waals surface area contributed by atoms with Crippen LogP contribution in [0.1, 0.15) is 19.8 Å². The summed E-state index contributed by atoms with van der Waals surface area (Å²) >= 11 is 0. The first-order valence-corrected chi connectivity index (χ1v) is 10.7. The Balaban J connectivity index is 0. The lowest BCUT2D eigenvalue weighted by Gasteiger charge is -2.23. The molecule has 0 aliphatic carbocycles. The fourth-order valence-corrected chi connectivity index (χ4v) is 3.77. The van der Waals surface area contributed by atoms with Crippen molar-refractivity contribution in [2.75, 3.05) is 34.2 Å². The van der Waals surface area contributed by atoms with Crippen LogP contribution in [-0.4, -0.2) is 70.7 Å². The Hall–Kier alpha value is -2.54. The number of nitrogens with one attached hydrogen (secondary N) is 2. The summed E-state index contributed by atoms with van der Waals surface area (Å²) in [5.41, 5.74) is 14.1. The first-order chi connectivity index (χ1) is 14.2. The molecule has 172 valence electrons. The number of primary amides is 1. The van der Waals surface area contributed by atoms with Crippen molar-refractivity contribution in [2.45, 2.75) is 30.7 Å². The zero-order chi connectivity index (χ0) is 23.7. The van der Waals surface area contributed by atoms with Gasteiger partial charge in [0.2, 0.25) is 27.7 Å². The molecule has 0 heterocycles. The molecule has 11 nitrogen and oxygen atoms in total. The molecule has 0 saturated heterocycles. The Morgan fingerprint density at radius 2 is 1.60 bits per heavy atom. The van der Waals surface area contributed by atoms with E-state index in [1.54, 1.807) is 25.1 Å². The van der Waals surface area contributed by atoms with Gasteiger partial charge in [-0.25, -0.2) is 8.42 Å². The summed E-state index contributed by atoms with van der Waals surface area (Å²) in [7, 11) is 0.490. The maximum atomic E-state index is 12.7. The second kappa shape index (κ2) is 16.3. The van der Waals surface area contributed by atoms with Crippen LogP contribution < -0.4 is 27.8 Å². The molecule has 0 fully saturated rings. The second-order valence-corrected chi connectivity index (χ2v) is 7.49. The predicted octanol–water partition coefficient (Wildman–Crippen LogP) is -1.66. The minimum Gasteiger partial charge on any atom is -0.370 e. The summed E-state index contributed by atoms with van der Waals surface area (Å²) in [4.78, 5) is 35.2. The molecule has 8 N–H and O–H groups in total. The molecular weight excluding hydrogens is 412 g/mol. The summed E-state index contributed by atoms with van der Waals surface area (Å²) in [5.74, 6) is -2.06. The van der Waals surface area contributed by atoms with Crippen LogP contribution in [0, 0.1) is 0 Å². The van der Waals surface area contributed by atoms with Gasteiger partial charge < -0.3 is 27.8 Å². The average Bonchev–Trinajstić information content (AvgIpc) is 2.75.